The van der Waals surface area contributed by atoms with E-state index < -0.39 is 11.9 Å². The van der Waals surface area contributed by atoms with Gasteiger partial charge in [-0.05, 0) is 11.5 Å². The molecule has 0 saturated carbocycles. The van der Waals surface area contributed by atoms with Crippen molar-refractivity contribution >= 4 is 11.6 Å². The number of hydrogen-bond acceptors (Lipinski definition) is 4. The first-order valence-electron chi connectivity index (χ1n) is 6.85. The van der Waals surface area contributed by atoms with Gasteiger partial charge in [-0.2, -0.15) is 5.10 Å². The van der Waals surface area contributed by atoms with Gasteiger partial charge in [-0.15, -0.1) is 0 Å². The zero-order chi connectivity index (χ0) is 15.4. The molecule has 0 aliphatic carbocycles. The standard InChI is InChI=1S/C15H20N4O2/c1-9(2)13-12(16)14(19-18-13)15(21)17-11(8-20)10-6-4-3-5-7-10/h3-7,9,11,20H,8,16H2,1-2H3,(H,17,21)(H,18,19)/t11-/m0/s1. The van der Waals surface area contributed by atoms with Crippen molar-refractivity contribution in [3.63, 3.8) is 0 Å². The van der Waals surface area contributed by atoms with Crippen molar-refractivity contribution < 1.29 is 9.90 Å². The average molecular weight is 288 g/mol. The van der Waals surface area contributed by atoms with Gasteiger partial charge < -0.3 is 16.2 Å². The fraction of sp³-hybridized carbons (Fsp3) is 0.333. The molecule has 1 aromatic carbocycles. The fourth-order valence-electron chi connectivity index (χ4n) is 2.12. The Morgan fingerprint density at radius 1 is 1.38 bits per heavy atom. The molecule has 0 unspecified atom stereocenters. The highest BCUT2D eigenvalue weighted by atomic mass is 16.3. The molecule has 0 radical (unpaired) electrons. The van der Waals surface area contributed by atoms with Crippen molar-refractivity contribution in [3.8, 4) is 0 Å². The van der Waals surface area contributed by atoms with Crippen molar-refractivity contribution in [1.29, 1.82) is 0 Å². The van der Waals surface area contributed by atoms with Crippen LogP contribution in [0.4, 0.5) is 5.69 Å². The Kier molecular flexibility index (Phi) is 4.59. The molecule has 112 valence electrons. The van der Waals surface area contributed by atoms with Gasteiger partial charge >= 0.3 is 0 Å². The van der Waals surface area contributed by atoms with E-state index in [1.807, 2.05) is 44.2 Å². The molecule has 6 heteroatoms. The first kappa shape index (κ1) is 15.1. The molecule has 0 aliphatic heterocycles. The number of amides is 1. The van der Waals surface area contributed by atoms with Crippen LogP contribution in [0.1, 0.15) is 47.6 Å². The third-order valence-corrected chi connectivity index (χ3v) is 3.32. The van der Waals surface area contributed by atoms with E-state index in [0.29, 0.717) is 5.69 Å². The molecular weight excluding hydrogens is 268 g/mol. The molecule has 0 aliphatic rings. The number of hydrogen-bond donors (Lipinski definition) is 4. The molecular formula is C15H20N4O2. The molecule has 1 aromatic heterocycles. The molecule has 0 spiro atoms. The monoisotopic (exact) mass is 288 g/mol. The fourth-order valence-corrected chi connectivity index (χ4v) is 2.12. The summed E-state index contributed by atoms with van der Waals surface area (Å²) in [6, 6.07) is 8.77. The lowest BCUT2D eigenvalue weighted by Crippen LogP contribution is -2.31. The van der Waals surface area contributed by atoms with E-state index in [1.54, 1.807) is 0 Å². The highest BCUT2D eigenvalue weighted by molar-refractivity contribution is 5.97. The van der Waals surface area contributed by atoms with Crippen molar-refractivity contribution in [3.05, 3.63) is 47.3 Å². The molecule has 0 saturated heterocycles. The third-order valence-electron chi connectivity index (χ3n) is 3.32. The summed E-state index contributed by atoms with van der Waals surface area (Å²) >= 11 is 0. The van der Waals surface area contributed by atoms with E-state index in [-0.39, 0.29) is 18.2 Å². The predicted molar refractivity (Wildman–Crippen MR) is 80.8 cm³/mol. The maximum absolute atomic E-state index is 12.3. The maximum Gasteiger partial charge on any atom is 0.274 e. The summed E-state index contributed by atoms with van der Waals surface area (Å²) in [7, 11) is 0. The minimum Gasteiger partial charge on any atom is -0.395 e. The number of nitrogens with one attached hydrogen (secondary N) is 2. The Morgan fingerprint density at radius 2 is 2.05 bits per heavy atom. The topological polar surface area (TPSA) is 104 Å². The lowest BCUT2D eigenvalue weighted by atomic mass is 10.1. The Balaban J connectivity index is 2.17. The van der Waals surface area contributed by atoms with Gasteiger partial charge in [0.2, 0.25) is 0 Å². The number of nitrogens with two attached hydrogens (primary N) is 1. The second-order valence-corrected chi connectivity index (χ2v) is 5.17. The van der Waals surface area contributed by atoms with Gasteiger partial charge in [-0.3, -0.25) is 9.89 Å². The van der Waals surface area contributed by atoms with E-state index in [0.717, 1.165) is 11.3 Å². The number of rotatable bonds is 5. The van der Waals surface area contributed by atoms with E-state index in [2.05, 4.69) is 15.5 Å². The van der Waals surface area contributed by atoms with Crippen molar-refractivity contribution in [2.75, 3.05) is 12.3 Å². The van der Waals surface area contributed by atoms with Gasteiger partial charge in [0.1, 0.15) is 0 Å². The number of aliphatic hydroxyl groups excluding tert-OH is 1. The van der Waals surface area contributed by atoms with Crippen LogP contribution in [0.5, 0.6) is 0 Å². The second-order valence-electron chi connectivity index (χ2n) is 5.17. The summed E-state index contributed by atoms with van der Waals surface area (Å²) < 4.78 is 0. The predicted octanol–water partition coefficient (Wildman–Crippen LogP) is 1.58. The number of nitrogen functional groups attached to an aromatic ring is 1. The Morgan fingerprint density at radius 3 is 2.57 bits per heavy atom. The first-order valence-corrected chi connectivity index (χ1v) is 6.85. The van der Waals surface area contributed by atoms with Crippen LogP contribution in [0.15, 0.2) is 30.3 Å². The molecule has 0 fully saturated rings. The number of benzene rings is 1. The molecule has 0 bridgehead atoms. The molecule has 2 aromatic rings. The first-order chi connectivity index (χ1) is 10.0. The van der Waals surface area contributed by atoms with Gasteiger partial charge in [-0.25, -0.2) is 0 Å². The normalized spacial score (nSPS) is 12.4. The molecule has 2 rings (SSSR count). The van der Waals surface area contributed by atoms with Gasteiger partial charge in [0.15, 0.2) is 5.69 Å². The maximum atomic E-state index is 12.3. The van der Waals surface area contributed by atoms with E-state index in [4.69, 9.17) is 5.73 Å². The Labute approximate surface area is 123 Å². The number of anilines is 1. The van der Waals surface area contributed by atoms with Crippen molar-refractivity contribution in [2.45, 2.75) is 25.8 Å². The number of nitrogens with zero attached hydrogens (tertiary/aromatic N) is 1. The van der Waals surface area contributed by atoms with Crippen LogP contribution in [0.25, 0.3) is 0 Å². The molecule has 6 nitrogen and oxygen atoms in total. The number of aromatic nitrogens is 2. The van der Waals surface area contributed by atoms with Crippen molar-refractivity contribution in [2.24, 2.45) is 0 Å². The van der Waals surface area contributed by atoms with E-state index >= 15 is 0 Å². The average Bonchev–Trinajstić information content (AvgIpc) is 2.87. The van der Waals surface area contributed by atoms with Crippen LogP contribution in [-0.4, -0.2) is 27.8 Å². The molecule has 1 heterocycles. The van der Waals surface area contributed by atoms with Gasteiger partial charge in [0.25, 0.3) is 5.91 Å². The van der Waals surface area contributed by atoms with E-state index in [9.17, 15) is 9.90 Å². The summed E-state index contributed by atoms with van der Waals surface area (Å²) in [5.74, 6) is -0.250. The Bertz CT molecular complexity index is 607. The minimum atomic E-state index is -0.489. The van der Waals surface area contributed by atoms with E-state index in [1.165, 1.54) is 0 Å². The van der Waals surface area contributed by atoms with Crippen LogP contribution < -0.4 is 11.1 Å². The van der Waals surface area contributed by atoms with Gasteiger partial charge in [-0.1, -0.05) is 44.2 Å². The Hall–Kier alpha value is -2.34. The summed E-state index contributed by atoms with van der Waals surface area (Å²) in [4.78, 5) is 12.3. The summed E-state index contributed by atoms with van der Waals surface area (Å²) in [6.07, 6.45) is 0. The van der Waals surface area contributed by atoms with Crippen LogP contribution in [-0.2, 0) is 0 Å². The largest absolute Gasteiger partial charge is 0.395 e. The number of H-pyrrole nitrogens is 1. The summed E-state index contributed by atoms with van der Waals surface area (Å²) in [5, 5.41) is 19.0. The number of carbonyl (C=O) groups excluding carboxylic acids is 1. The number of carbonyl (C=O) groups is 1. The van der Waals surface area contributed by atoms with Gasteiger partial charge in [0.05, 0.1) is 24.0 Å². The summed E-state index contributed by atoms with van der Waals surface area (Å²) in [5.41, 5.74) is 8.02. The molecule has 5 N–H and O–H groups in total. The number of aliphatic hydroxyl groups is 1. The smallest absolute Gasteiger partial charge is 0.274 e. The zero-order valence-corrected chi connectivity index (χ0v) is 12.1. The van der Waals surface area contributed by atoms with Crippen molar-refractivity contribution in [1.82, 2.24) is 15.5 Å². The summed E-state index contributed by atoms with van der Waals surface area (Å²) in [6.45, 7) is 3.73. The highest BCUT2D eigenvalue weighted by Gasteiger charge is 2.21. The molecule has 1 amide bonds. The van der Waals surface area contributed by atoms with Crippen LogP contribution in [0.3, 0.4) is 0 Å². The molecule has 21 heavy (non-hydrogen) atoms. The lowest BCUT2D eigenvalue weighted by molar-refractivity contribution is 0.0912. The number of aromatic amines is 1. The quantitative estimate of drug-likeness (QED) is 0.670. The molecule has 1 atom stereocenters. The zero-order valence-electron chi connectivity index (χ0n) is 12.1. The second kappa shape index (κ2) is 6.41. The van der Waals surface area contributed by atoms with Crippen LogP contribution in [0.2, 0.25) is 0 Å². The highest BCUT2D eigenvalue weighted by Crippen LogP contribution is 2.22. The van der Waals surface area contributed by atoms with Crippen LogP contribution in [0, 0.1) is 0 Å². The van der Waals surface area contributed by atoms with Gasteiger partial charge in [0, 0.05) is 0 Å². The minimum absolute atomic E-state index is 0.154. The SMILES string of the molecule is CC(C)c1[nH]nc(C(=O)N[C@@H](CO)c2ccccc2)c1N. The lowest BCUT2D eigenvalue weighted by Gasteiger charge is -2.16. The van der Waals surface area contributed by atoms with Crippen LogP contribution >= 0.6 is 0 Å². The third kappa shape index (κ3) is 3.22.